The van der Waals surface area contributed by atoms with Gasteiger partial charge in [-0.2, -0.15) is 0 Å². The Bertz CT molecular complexity index is 459. The lowest BCUT2D eigenvalue weighted by Crippen LogP contribution is -2.46. The van der Waals surface area contributed by atoms with Crippen LogP contribution in [0.1, 0.15) is 0 Å². The van der Waals surface area contributed by atoms with E-state index >= 15 is 0 Å². The Hall–Kier alpha value is -1.18. The van der Waals surface area contributed by atoms with Crippen LogP contribution in [0.15, 0.2) is 24.3 Å². The van der Waals surface area contributed by atoms with Crippen LogP contribution in [-0.2, 0) is 0 Å². The van der Waals surface area contributed by atoms with Crippen LogP contribution in [-0.4, -0.2) is 50.1 Å². The summed E-state index contributed by atoms with van der Waals surface area (Å²) in [6, 6.07) is 8.21. The smallest absolute Gasteiger partial charge is 0.142 e. The Morgan fingerprint density at radius 3 is 2.58 bits per heavy atom. The number of alkyl halides is 1. The van der Waals surface area contributed by atoms with Gasteiger partial charge in [0.2, 0.25) is 0 Å². The Kier molecular flexibility index (Phi) is 5.56. The molecule has 4 heteroatoms. The molecule has 102 valence electrons. The van der Waals surface area contributed by atoms with Gasteiger partial charge in [-0.1, -0.05) is 39.9 Å². The summed E-state index contributed by atoms with van der Waals surface area (Å²) in [5.74, 6) is 7.17. The zero-order valence-corrected chi connectivity index (χ0v) is 12.8. The van der Waals surface area contributed by atoms with Crippen LogP contribution in [0.3, 0.4) is 0 Å². The molecule has 0 amide bonds. The third kappa shape index (κ3) is 3.89. The minimum Gasteiger partial charge on any atom is -0.495 e. The summed E-state index contributed by atoms with van der Waals surface area (Å²) in [7, 11) is 1.73. The fourth-order valence-electron chi connectivity index (χ4n) is 2.25. The normalized spacial score (nSPS) is 15.8. The third-order valence-electron chi connectivity index (χ3n) is 3.29. The zero-order valence-electron chi connectivity index (χ0n) is 11.2. The fourth-order valence-corrected chi connectivity index (χ4v) is 2.45. The van der Waals surface area contributed by atoms with E-state index in [9.17, 15) is 0 Å². The number of nitrogens with zero attached hydrogens (tertiary/aromatic N) is 2. The molecule has 0 aromatic heterocycles. The lowest BCUT2D eigenvalue weighted by molar-refractivity contribution is 0.287. The summed E-state index contributed by atoms with van der Waals surface area (Å²) in [5, 5.41) is 0.758. The molecule has 1 aromatic rings. The van der Waals surface area contributed by atoms with Crippen LogP contribution in [0.5, 0.6) is 5.75 Å². The van der Waals surface area contributed by atoms with Crippen molar-refractivity contribution in [3.8, 4) is 17.6 Å². The van der Waals surface area contributed by atoms with Crippen LogP contribution in [0.2, 0.25) is 0 Å². The second-order valence-corrected chi connectivity index (χ2v) is 4.98. The number of piperazine rings is 1. The van der Waals surface area contributed by atoms with Crippen molar-refractivity contribution in [1.29, 1.82) is 0 Å². The first kappa shape index (κ1) is 14.2. The van der Waals surface area contributed by atoms with Crippen LogP contribution < -0.4 is 9.64 Å². The molecule has 0 bridgehead atoms. The topological polar surface area (TPSA) is 15.7 Å². The van der Waals surface area contributed by atoms with Crippen molar-refractivity contribution < 1.29 is 4.74 Å². The summed E-state index contributed by atoms with van der Waals surface area (Å²) in [4.78, 5) is 4.77. The second-order valence-electron chi connectivity index (χ2n) is 4.42. The molecule has 2 rings (SSSR count). The van der Waals surface area contributed by atoms with Crippen LogP contribution in [0.25, 0.3) is 0 Å². The monoisotopic (exact) mass is 322 g/mol. The molecular weight excluding hydrogens is 304 g/mol. The van der Waals surface area contributed by atoms with Crippen molar-refractivity contribution in [2.24, 2.45) is 0 Å². The SMILES string of the molecule is COc1ccccc1N1CCN(CC#CCBr)CC1. The maximum atomic E-state index is 5.42. The van der Waals surface area contributed by atoms with Gasteiger partial charge in [0.15, 0.2) is 0 Å². The van der Waals surface area contributed by atoms with Crippen molar-refractivity contribution in [2.75, 3.05) is 50.1 Å². The number of halogens is 1. The molecule has 0 N–H and O–H groups in total. The van der Waals surface area contributed by atoms with Gasteiger partial charge in [0, 0.05) is 26.2 Å². The van der Waals surface area contributed by atoms with Crippen molar-refractivity contribution in [3.63, 3.8) is 0 Å². The first-order valence-electron chi connectivity index (χ1n) is 6.47. The van der Waals surface area contributed by atoms with Crippen LogP contribution in [0, 0.1) is 11.8 Å². The fraction of sp³-hybridized carbons (Fsp3) is 0.467. The van der Waals surface area contributed by atoms with Crippen molar-refractivity contribution in [3.05, 3.63) is 24.3 Å². The number of ether oxygens (including phenoxy) is 1. The van der Waals surface area contributed by atoms with E-state index in [1.54, 1.807) is 7.11 Å². The highest BCUT2D eigenvalue weighted by Crippen LogP contribution is 2.28. The van der Waals surface area contributed by atoms with E-state index in [0.29, 0.717) is 0 Å². The van der Waals surface area contributed by atoms with Gasteiger partial charge in [0.25, 0.3) is 0 Å². The third-order valence-corrected chi connectivity index (χ3v) is 3.57. The van der Waals surface area contributed by atoms with Gasteiger partial charge >= 0.3 is 0 Å². The molecule has 0 aliphatic carbocycles. The number of hydrogen-bond donors (Lipinski definition) is 0. The molecule has 1 fully saturated rings. The molecule has 0 atom stereocenters. The molecule has 0 saturated carbocycles. The van der Waals surface area contributed by atoms with E-state index in [0.717, 1.165) is 43.8 Å². The number of benzene rings is 1. The van der Waals surface area contributed by atoms with E-state index < -0.39 is 0 Å². The molecule has 0 unspecified atom stereocenters. The maximum absolute atomic E-state index is 5.42. The van der Waals surface area contributed by atoms with Gasteiger partial charge in [-0.25, -0.2) is 0 Å². The van der Waals surface area contributed by atoms with Gasteiger partial charge < -0.3 is 9.64 Å². The molecule has 1 saturated heterocycles. The van der Waals surface area contributed by atoms with Gasteiger partial charge in [0.05, 0.1) is 24.7 Å². The van der Waals surface area contributed by atoms with Crippen molar-refractivity contribution in [1.82, 2.24) is 4.90 Å². The lowest BCUT2D eigenvalue weighted by atomic mass is 10.2. The summed E-state index contributed by atoms with van der Waals surface area (Å²) < 4.78 is 5.42. The molecule has 1 heterocycles. The van der Waals surface area contributed by atoms with Gasteiger partial charge in [-0.15, -0.1) is 0 Å². The van der Waals surface area contributed by atoms with Crippen molar-refractivity contribution >= 4 is 21.6 Å². The van der Waals surface area contributed by atoms with Crippen molar-refractivity contribution in [2.45, 2.75) is 0 Å². The molecule has 1 aliphatic rings. The minimum atomic E-state index is 0.758. The summed E-state index contributed by atoms with van der Waals surface area (Å²) >= 11 is 3.32. The lowest BCUT2D eigenvalue weighted by Gasteiger charge is -2.35. The number of anilines is 1. The quantitative estimate of drug-likeness (QED) is 0.627. The van der Waals surface area contributed by atoms with Gasteiger partial charge in [-0.05, 0) is 12.1 Å². The predicted octanol–water partition coefficient (Wildman–Crippen LogP) is 2.22. The highest BCUT2D eigenvalue weighted by molar-refractivity contribution is 9.09. The number of rotatable bonds is 3. The molecule has 3 nitrogen and oxygen atoms in total. The highest BCUT2D eigenvalue weighted by atomic mass is 79.9. The van der Waals surface area contributed by atoms with E-state index in [4.69, 9.17) is 4.74 Å². The van der Waals surface area contributed by atoms with E-state index in [-0.39, 0.29) is 0 Å². The molecular formula is C15H19BrN2O. The van der Waals surface area contributed by atoms with Gasteiger partial charge in [0.1, 0.15) is 5.75 Å². The van der Waals surface area contributed by atoms with E-state index in [1.165, 1.54) is 5.69 Å². The second kappa shape index (κ2) is 7.42. The number of methoxy groups -OCH3 is 1. The molecule has 19 heavy (non-hydrogen) atoms. The highest BCUT2D eigenvalue weighted by Gasteiger charge is 2.18. The Labute approximate surface area is 123 Å². The Morgan fingerprint density at radius 1 is 1.16 bits per heavy atom. The van der Waals surface area contributed by atoms with Gasteiger partial charge in [-0.3, -0.25) is 4.90 Å². The zero-order chi connectivity index (χ0) is 13.5. The molecule has 0 radical (unpaired) electrons. The van der Waals surface area contributed by atoms with E-state index in [1.807, 2.05) is 12.1 Å². The first-order chi connectivity index (χ1) is 9.35. The molecule has 1 aromatic carbocycles. The average molecular weight is 323 g/mol. The summed E-state index contributed by atoms with van der Waals surface area (Å²) in [5.41, 5.74) is 1.19. The molecule has 0 spiro atoms. The minimum absolute atomic E-state index is 0.758. The summed E-state index contributed by atoms with van der Waals surface area (Å²) in [6.45, 7) is 5.02. The first-order valence-corrected chi connectivity index (χ1v) is 7.59. The Morgan fingerprint density at radius 2 is 1.89 bits per heavy atom. The summed E-state index contributed by atoms with van der Waals surface area (Å²) in [6.07, 6.45) is 0. The maximum Gasteiger partial charge on any atom is 0.142 e. The van der Waals surface area contributed by atoms with Crippen LogP contribution >= 0.6 is 15.9 Å². The average Bonchev–Trinajstić information content (AvgIpc) is 2.48. The number of hydrogen-bond acceptors (Lipinski definition) is 3. The standard InChI is InChI=1S/C15H19BrN2O/c1-19-15-7-3-2-6-14(15)18-12-10-17(11-13-18)9-5-4-8-16/h2-3,6-7H,8-13H2,1H3. The van der Waals surface area contributed by atoms with E-state index in [2.05, 4.69) is 49.7 Å². The van der Waals surface area contributed by atoms with Crippen LogP contribution in [0.4, 0.5) is 5.69 Å². The predicted molar refractivity (Wildman–Crippen MR) is 83.2 cm³/mol. The Balaban J connectivity index is 1.92. The largest absolute Gasteiger partial charge is 0.495 e. The number of para-hydroxylation sites is 2. The molecule has 1 aliphatic heterocycles.